The van der Waals surface area contributed by atoms with Gasteiger partial charge in [-0.15, -0.1) is 0 Å². The second-order valence-electron chi connectivity index (χ2n) is 6.05. The number of nitrogens with zero attached hydrogens (tertiary/aromatic N) is 3. The SMILES string of the molecule is CO[C@@H]1C[C@@H](COc2cccnc2)N(Cc2cncc(C)c2)C1. The van der Waals surface area contributed by atoms with Gasteiger partial charge in [-0.05, 0) is 36.6 Å². The first-order valence-electron chi connectivity index (χ1n) is 7.95. The molecule has 0 N–H and O–H groups in total. The van der Waals surface area contributed by atoms with Crippen molar-refractivity contribution in [3.63, 3.8) is 0 Å². The number of rotatable bonds is 6. The molecule has 5 heteroatoms. The van der Waals surface area contributed by atoms with Crippen LogP contribution in [0.4, 0.5) is 0 Å². The molecule has 1 aliphatic rings. The summed E-state index contributed by atoms with van der Waals surface area (Å²) in [6, 6.07) is 6.34. The molecule has 0 spiro atoms. The van der Waals surface area contributed by atoms with E-state index in [0.717, 1.165) is 25.3 Å². The summed E-state index contributed by atoms with van der Waals surface area (Å²) >= 11 is 0. The van der Waals surface area contributed by atoms with E-state index in [1.165, 1.54) is 11.1 Å². The van der Waals surface area contributed by atoms with Crippen LogP contribution in [0.5, 0.6) is 5.75 Å². The molecule has 2 aromatic rings. The van der Waals surface area contributed by atoms with Crippen molar-refractivity contribution < 1.29 is 9.47 Å². The van der Waals surface area contributed by atoms with Crippen LogP contribution in [0.15, 0.2) is 43.0 Å². The van der Waals surface area contributed by atoms with Crippen molar-refractivity contribution in [1.82, 2.24) is 14.9 Å². The molecule has 5 nitrogen and oxygen atoms in total. The summed E-state index contributed by atoms with van der Waals surface area (Å²) in [7, 11) is 1.78. The second-order valence-corrected chi connectivity index (χ2v) is 6.05. The van der Waals surface area contributed by atoms with Crippen molar-refractivity contribution in [2.45, 2.75) is 32.0 Å². The molecular weight excluding hydrogens is 290 g/mol. The van der Waals surface area contributed by atoms with E-state index >= 15 is 0 Å². The molecule has 0 amide bonds. The van der Waals surface area contributed by atoms with Gasteiger partial charge in [-0.2, -0.15) is 0 Å². The lowest BCUT2D eigenvalue weighted by Gasteiger charge is -2.24. The smallest absolute Gasteiger partial charge is 0.137 e. The second kappa shape index (κ2) is 7.53. The third-order valence-electron chi connectivity index (χ3n) is 4.22. The maximum atomic E-state index is 5.90. The summed E-state index contributed by atoms with van der Waals surface area (Å²) in [5.41, 5.74) is 2.42. The number of aryl methyl sites for hydroxylation is 1. The fraction of sp³-hybridized carbons (Fsp3) is 0.444. The predicted octanol–water partition coefficient (Wildman–Crippen LogP) is 2.45. The van der Waals surface area contributed by atoms with Crippen molar-refractivity contribution in [3.8, 4) is 5.75 Å². The van der Waals surface area contributed by atoms with E-state index in [1.54, 1.807) is 19.5 Å². The van der Waals surface area contributed by atoms with Gasteiger partial charge in [0.25, 0.3) is 0 Å². The van der Waals surface area contributed by atoms with Crippen molar-refractivity contribution in [1.29, 1.82) is 0 Å². The van der Waals surface area contributed by atoms with Crippen LogP contribution in [-0.4, -0.2) is 47.3 Å². The van der Waals surface area contributed by atoms with E-state index in [1.807, 2.05) is 24.5 Å². The Morgan fingerprint density at radius 2 is 2.17 bits per heavy atom. The lowest BCUT2D eigenvalue weighted by atomic mass is 10.2. The molecule has 23 heavy (non-hydrogen) atoms. The minimum absolute atomic E-state index is 0.260. The number of hydrogen-bond donors (Lipinski definition) is 0. The highest BCUT2D eigenvalue weighted by Crippen LogP contribution is 2.23. The monoisotopic (exact) mass is 313 g/mol. The van der Waals surface area contributed by atoms with Gasteiger partial charge in [0.05, 0.1) is 12.3 Å². The van der Waals surface area contributed by atoms with Gasteiger partial charge in [0.2, 0.25) is 0 Å². The Bertz CT molecular complexity index is 621. The molecule has 0 radical (unpaired) electrons. The summed E-state index contributed by atoms with van der Waals surface area (Å²) in [6.07, 6.45) is 8.56. The maximum Gasteiger partial charge on any atom is 0.137 e. The third kappa shape index (κ3) is 4.27. The van der Waals surface area contributed by atoms with E-state index in [-0.39, 0.29) is 6.10 Å². The number of pyridine rings is 2. The maximum absolute atomic E-state index is 5.90. The van der Waals surface area contributed by atoms with Gasteiger partial charge < -0.3 is 9.47 Å². The quantitative estimate of drug-likeness (QED) is 0.820. The van der Waals surface area contributed by atoms with Crippen molar-refractivity contribution >= 4 is 0 Å². The fourth-order valence-corrected chi connectivity index (χ4v) is 3.04. The highest BCUT2D eigenvalue weighted by atomic mass is 16.5. The zero-order valence-electron chi connectivity index (χ0n) is 13.7. The molecule has 1 fully saturated rings. The average molecular weight is 313 g/mol. The van der Waals surface area contributed by atoms with Crippen molar-refractivity contribution in [3.05, 3.63) is 54.1 Å². The molecule has 0 aromatic carbocycles. The molecule has 1 saturated heterocycles. The number of aromatic nitrogens is 2. The van der Waals surface area contributed by atoms with Crippen LogP contribution in [0.3, 0.4) is 0 Å². The molecule has 0 aliphatic carbocycles. The molecule has 2 atom stereocenters. The standard InChI is InChI=1S/C18H23N3O2/c1-14-6-15(9-20-8-14)11-21-12-18(22-2)7-16(21)13-23-17-4-3-5-19-10-17/h3-6,8-10,16,18H,7,11-13H2,1-2H3/t16-,18+/m0/s1. The van der Waals surface area contributed by atoms with Crippen LogP contribution in [0.1, 0.15) is 17.5 Å². The van der Waals surface area contributed by atoms with E-state index in [0.29, 0.717) is 12.6 Å². The fourth-order valence-electron chi connectivity index (χ4n) is 3.04. The van der Waals surface area contributed by atoms with Gasteiger partial charge in [0.15, 0.2) is 0 Å². The number of likely N-dealkylation sites (tertiary alicyclic amines) is 1. The lowest BCUT2D eigenvalue weighted by molar-refractivity contribution is 0.107. The lowest BCUT2D eigenvalue weighted by Crippen LogP contribution is -2.34. The Kier molecular flexibility index (Phi) is 5.20. The van der Waals surface area contributed by atoms with Crippen molar-refractivity contribution in [2.24, 2.45) is 0 Å². The summed E-state index contributed by atoms with van der Waals surface area (Å²) < 4.78 is 11.5. The van der Waals surface area contributed by atoms with Crippen LogP contribution < -0.4 is 4.74 Å². The first-order valence-corrected chi connectivity index (χ1v) is 7.95. The molecule has 2 aromatic heterocycles. The van der Waals surface area contributed by atoms with E-state index in [4.69, 9.17) is 9.47 Å². The van der Waals surface area contributed by atoms with Gasteiger partial charge in [-0.25, -0.2) is 0 Å². The predicted molar refractivity (Wildman–Crippen MR) is 88.3 cm³/mol. The summed E-state index contributed by atoms with van der Waals surface area (Å²) in [4.78, 5) is 10.8. The zero-order chi connectivity index (χ0) is 16.1. The highest BCUT2D eigenvalue weighted by Gasteiger charge is 2.32. The largest absolute Gasteiger partial charge is 0.490 e. The minimum atomic E-state index is 0.260. The molecular formula is C18H23N3O2. The van der Waals surface area contributed by atoms with Gasteiger partial charge in [-0.1, -0.05) is 6.07 Å². The topological polar surface area (TPSA) is 47.5 Å². The van der Waals surface area contributed by atoms with Gasteiger partial charge >= 0.3 is 0 Å². The van der Waals surface area contributed by atoms with Gasteiger partial charge in [0, 0.05) is 44.8 Å². The van der Waals surface area contributed by atoms with Crippen LogP contribution in [-0.2, 0) is 11.3 Å². The number of hydrogen-bond acceptors (Lipinski definition) is 5. The normalized spacial score (nSPS) is 21.5. The Balaban J connectivity index is 1.64. The summed E-state index contributed by atoms with van der Waals surface area (Å²) in [6.45, 7) is 4.51. The van der Waals surface area contributed by atoms with Gasteiger partial charge in [-0.3, -0.25) is 14.9 Å². The zero-order valence-corrected chi connectivity index (χ0v) is 13.7. The van der Waals surface area contributed by atoms with Crippen molar-refractivity contribution in [2.75, 3.05) is 20.3 Å². The Labute approximate surface area is 137 Å². The Morgan fingerprint density at radius 1 is 1.26 bits per heavy atom. The van der Waals surface area contributed by atoms with E-state index < -0.39 is 0 Å². The van der Waals surface area contributed by atoms with Crippen LogP contribution >= 0.6 is 0 Å². The molecule has 3 rings (SSSR count). The molecule has 122 valence electrons. The van der Waals surface area contributed by atoms with Gasteiger partial charge in [0.1, 0.15) is 12.4 Å². The van der Waals surface area contributed by atoms with Crippen LogP contribution in [0.25, 0.3) is 0 Å². The highest BCUT2D eigenvalue weighted by molar-refractivity contribution is 5.17. The first kappa shape index (κ1) is 15.9. The van der Waals surface area contributed by atoms with Crippen LogP contribution in [0, 0.1) is 6.92 Å². The minimum Gasteiger partial charge on any atom is -0.490 e. The summed E-state index contributed by atoms with van der Waals surface area (Å²) in [5.74, 6) is 0.811. The third-order valence-corrected chi connectivity index (χ3v) is 4.22. The molecule has 0 unspecified atom stereocenters. The molecule has 0 saturated carbocycles. The van der Waals surface area contributed by atoms with E-state index in [2.05, 4.69) is 27.9 Å². The van der Waals surface area contributed by atoms with Crippen LogP contribution in [0.2, 0.25) is 0 Å². The number of methoxy groups -OCH3 is 1. The first-order chi connectivity index (χ1) is 11.2. The molecule has 0 bridgehead atoms. The van der Waals surface area contributed by atoms with E-state index in [9.17, 15) is 0 Å². The average Bonchev–Trinajstić information content (AvgIpc) is 2.96. The number of ether oxygens (including phenoxy) is 2. The Morgan fingerprint density at radius 3 is 2.91 bits per heavy atom. The Hall–Kier alpha value is -1.98. The summed E-state index contributed by atoms with van der Waals surface area (Å²) in [5, 5.41) is 0. The molecule has 3 heterocycles. The molecule has 1 aliphatic heterocycles.